The summed E-state index contributed by atoms with van der Waals surface area (Å²) in [7, 11) is 0. The highest BCUT2D eigenvalue weighted by molar-refractivity contribution is 7.99. The summed E-state index contributed by atoms with van der Waals surface area (Å²) in [6.45, 7) is 2.69. The van der Waals surface area contributed by atoms with E-state index in [4.69, 9.17) is 9.84 Å². The molecule has 1 heterocycles. The third-order valence-electron chi connectivity index (χ3n) is 4.53. The molecule has 0 bridgehead atoms. The van der Waals surface area contributed by atoms with Gasteiger partial charge in [0.2, 0.25) is 0 Å². The van der Waals surface area contributed by atoms with Crippen LogP contribution in [-0.2, 0) is 4.74 Å². The minimum Gasteiger partial charge on any atom is -0.394 e. The van der Waals surface area contributed by atoms with E-state index in [0.29, 0.717) is 17.2 Å². The summed E-state index contributed by atoms with van der Waals surface area (Å²) in [6, 6.07) is 9.64. The van der Waals surface area contributed by atoms with Gasteiger partial charge >= 0.3 is 5.69 Å². The molecule has 0 aliphatic heterocycles. The normalized spacial score (nSPS) is 12.2. The molecule has 7 heteroatoms. The van der Waals surface area contributed by atoms with Gasteiger partial charge in [-0.15, -0.1) is 0 Å². The Morgan fingerprint density at radius 2 is 1.82 bits per heavy atom. The van der Waals surface area contributed by atoms with Crippen molar-refractivity contribution in [2.45, 2.75) is 61.3 Å². The molecular weight excluding hydrogens is 376 g/mol. The number of ether oxygens (including phenoxy) is 1. The predicted molar refractivity (Wildman–Crippen MR) is 112 cm³/mol. The standard InChI is InChI=1S/C21H30N2O4S/c1-2-3-4-5-7-10-16(15-27-14-13-24)18-19(25)22-21(26)23-20(18)28-17-11-8-6-9-12-17/h6,8-9,11-12,16,24H,2-5,7,10,13-15H2,1H3,(H2,22,23,25,26). The number of hydrogen-bond acceptors (Lipinski definition) is 5. The van der Waals surface area contributed by atoms with E-state index >= 15 is 0 Å². The lowest BCUT2D eigenvalue weighted by molar-refractivity contribution is 0.0796. The molecule has 6 nitrogen and oxygen atoms in total. The second kappa shape index (κ2) is 12.6. The van der Waals surface area contributed by atoms with Gasteiger partial charge in [0.1, 0.15) is 0 Å². The van der Waals surface area contributed by atoms with Crippen molar-refractivity contribution >= 4 is 11.8 Å². The lowest BCUT2D eigenvalue weighted by Crippen LogP contribution is -2.29. The van der Waals surface area contributed by atoms with Crippen molar-refractivity contribution in [1.82, 2.24) is 9.97 Å². The molecule has 0 radical (unpaired) electrons. The van der Waals surface area contributed by atoms with E-state index in [1.165, 1.54) is 31.0 Å². The van der Waals surface area contributed by atoms with Gasteiger partial charge in [-0.25, -0.2) is 4.79 Å². The molecule has 2 aromatic rings. The second-order valence-electron chi connectivity index (χ2n) is 6.76. The highest BCUT2D eigenvalue weighted by Gasteiger charge is 2.21. The number of unbranched alkanes of at least 4 members (excludes halogenated alkanes) is 4. The molecule has 2 rings (SSSR count). The summed E-state index contributed by atoms with van der Waals surface area (Å²) >= 11 is 1.38. The number of aliphatic hydroxyl groups excluding tert-OH is 1. The van der Waals surface area contributed by atoms with Crippen LogP contribution in [0.5, 0.6) is 0 Å². The van der Waals surface area contributed by atoms with Gasteiger partial charge in [-0.1, -0.05) is 69.0 Å². The Bertz CT molecular complexity index is 804. The Morgan fingerprint density at radius 1 is 1.07 bits per heavy atom. The van der Waals surface area contributed by atoms with E-state index < -0.39 is 5.69 Å². The van der Waals surface area contributed by atoms with Crippen LogP contribution in [0.4, 0.5) is 0 Å². The van der Waals surface area contributed by atoms with Gasteiger partial charge in [0.25, 0.3) is 5.56 Å². The van der Waals surface area contributed by atoms with Crippen molar-refractivity contribution in [1.29, 1.82) is 0 Å². The molecule has 0 fully saturated rings. The number of aromatic nitrogens is 2. The number of rotatable bonds is 13. The highest BCUT2D eigenvalue weighted by Crippen LogP contribution is 2.32. The molecule has 0 aliphatic carbocycles. The number of H-pyrrole nitrogens is 2. The number of aromatic amines is 2. The van der Waals surface area contributed by atoms with E-state index in [0.717, 1.165) is 24.2 Å². The number of aliphatic hydroxyl groups is 1. The fourth-order valence-electron chi connectivity index (χ4n) is 3.13. The first-order valence-electron chi connectivity index (χ1n) is 9.93. The van der Waals surface area contributed by atoms with Crippen LogP contribution >= 0.6 is 11.8 Å². The van der Waals surface area contributed by atoms with E-state index in [2.05, 4.69) is 16.9 Å². The third kappa shape index (κ3) is 7.30. The minimum atomic E-state index is -0.509. The third-order valence-corrected chi connectivity index (χ3v) is 5.56. The number of hydrogen-bond donors (Lipinski definition) is 3. The van der Waals surface area contributed by atoms with Gasteiger partial charge in [0.15, 0.2) is 0 Å². The van der Waals surface area contributed by atoms with E-state index in [1.54, 1.807) is 0 Å². The van der Waals surface area contributed by atoms with Crippen molar-refractivity contribution in [3.8, 4) is 0 Å². The van der Waals surface area contributed by atoms with Gasteiger partial charge in [-0.05, 0) is 18.6 Å². The molecule has 0 amide bonds. The van der Waals surface area contributed by atoms with Crippen LogP contribution in [0, 0.1) is 0 Å². The largest absolute Gasteiger partial charge is 0.394 e. The monoisotopic (exact) mass is 406 g/mol. The Labute approximate surface area is 169 Å². The zero-order chi connectivity index (χ0) is 20.2. The van der Waals surface area contributed by atoms with Crippen molar-refractivity contribution in [3.05, 3.63) is 56.7 Å². The first-order valence-corrected chi connectivity index (χ1v) is 10.7. The molecule has 1 atom stereocenters. The van der Waals surface area contributed by atoms with Gasteiger partial charge in [-0.2, -0.15) is 0 Å². The summed E-state index contributed by atoms with van der Waals surface area (Å²) < 4.78 is 5.56. The Hall–Kier alpha value is -1.83. The van der Waals surface area contributed by atoms with Crippen molar-refractivity contribution in [2.75, 3.05) is 19.8 Å². The molecule has 0 saturated heterocycles. The minimum absolute atomic E-state index is 0.0587. The summed E-state index contributed by atoms with van der Waals surface area (Å²) in [5.41, 5.74) is -0.319. The summed E-state index contributed by atoms with van der Waals surface area (Å²) in [4.78, 5) is 30.6. The summed E-state index contributed by atoms with van der Waals surface area (Å²) in [5.74, 6) is -0.139. The molecule has 0 spiro atoms. The average Bonchev–Trinajstić information content (AvgIpc) is 2.67. The van der Waals surface area contributed by atoms with E-state index in [9.17, 15) is 9.59 Å². The Morgan fingerprint density at radius 3 is 2.54 bits per heavy atom. The molecule has 28 heavy (non-hydrogen) atoms. The maximum atomic E-state index is 12.7. The van der Waals surface area contributed by atoms with Crippen LogP contribution in [-0.4, -0.2) is 34.9 Å². The molecular formula is C21H30N2O4S. The molecule has 1 unspecified atom stereocenters. The lowest BCUT2D eigenvalue weighted by Gasteiger charge is -2.19. The fraction of sp³-hybridized carbons (Fsp3) is 0.524. The van der Waals surface area contributed by atoms with Crippen LogP contribution in [0.2, 0.25) is 0 Å². The van der Waals surface area contributed by atoms with Crippen LogP contribution < -0.4 is 11.2 Å². The van der Waals surface area contributed by atoms with Gasteiger partial charge in [0, 0.05) is 10.8 Å². The van der Waals surface area contributed by atoms with Gasteiger partial charge < -0.3 is 14.8 Å². The molecule has 154 valence electrons. The summed E-state index contributed by atoms with van der Waals surface area (Å²) in [6.07, 6.45) is 6.45. The summed E-state index contributed by atoms with van der Waals surface area (Å²) in [5, 5.41) is 9.58. The quantitative estimate of drug-likeness (QED) is 0.348. The Kier molecular flexibility index (Phi) is 10.1. The smallest absolute Gasteiger partial charge is 0.326 e. The predicted octanol–water partition coefficient (Wildman–Crippen LogP) is 3.67. The number of nitrogens with one attached hydrogen (secondary N) is 2. The van der Waals surface area contributed by atoms with Crippen LogP contribution in [0.15, 0.2) is 49.8 Å². The lowest BCUT2D eigenvalue weighted by atomic mass is 9.95. The van der Waals surface area contributed by atoms with Crippen molar-refractivity contribution in [2.24, 2.45) is 0 Å². The SMILES string of the molecule is CCCCCCCC(COCCO)c1c(Sc2ccccc2)[nH]c(=O)[nH]c1=O. The van der Waals surface area contributed by atoms with Crippen LogP contribution in [0.25, 0.3) is 0 Å². The van der Waals surface area contributed by atoms with Crippen LogP contribution in [0.3, 0.4) is 0 Å². The van der Waals surface area contributed by atoms with E-state index in [1.807, 2.05) is 30.3 Å². The van der Waals surface area contributed by atoms with E-state index in [-0.39, 0.29) is 24.7 Å². The average molecular weight is 407 g/mol. The molecule has 1 aromatic carbocycles. The number of benzene rings is 1. The zero-order valence-corrected chi connectivity index (χ0v) is 17.2. The zero-order valence-electron chi connectivity index (χ0n) is 16.4. The molecule has 1 aromatic heterocycles. The maximum Gasteiger partial charge on any atom is 0.326 e. The molecule has 0 saturated carbocycles. The highest BCUT2D eigenvalue weighted by atomic mass is 32.2. The van der Waals surface area contributed by atoms with Gasteiger partial charge in [-0.3, -0.25) is 9.78 Å². The first kappa shape index (κ1) is 22.5. The first-order chi connectivity index (χ1) is 13.7. The molecule has 3 N–H and O–H groups in total. The van der Waals surface area contributed by atoms with Gasteiger partial charge in [0.05, 0.1) is 30.4 Å². The Balaban J connectivity index is 2.25. The second-order valence-corrected chi connectivity index (χ2v) is 7.85. The fourth-order valence-corrected chi connectivity index (χ4v) is 4.17. The maximum absolute atomic E-state index is 12.7. The van der Waals surface area contributed by atoms with Crippen molar-refractivity contribution in [3.63, 3.8) is 0 Å². The molecule has 0 aliphatic rings. The topological polar surface area (TPSA) is 95.2 Å². The van der Waals surface area contributed by atoms with Crippen LogP contribution in [0.1, 0.15) is 56.9 Å². The van der Waals surface area contributed by atoms with Crippen molar-refractivity contribution < 1.29 is 9.84 Å².